The van der Waals surface area contributed by atoms with Gasteiger partial charge in [0.05, 0.1) is 17.1 Å². The zero-order chi connectivity index (χ0) is 15.8. The van der Waals surface area contributed by atoms with Crippen molar-refractivity contribution in [1.82, 2.24) is 24.7 Å². The number of carbonyl (C=O) groups excluding carboxylic acids is 1. The molecule has 1 aliphatic carbocycles. The Hall–Kier alpha value is -1.21. The highest BCUT2D eigenvalue weighted by atomic mass is 32.1. The van der Waals surface area contributed by atoms with Crippen LogP contribution in [0.15, 0.2) is 0 Å². The van der Waals surface area contributed by atoms with Gasteiger partial charge in [0.25, 0.3) is 0 Å². The van der Waals surface area contributed by atoms with E-state index in [0.29, 0.717) is 18.5 Å². The Morgan fingerprint density at radius 2 is 2.17 bits per heavy atom. The first-order chi connectivity index (χ1) is 11.2. The summed E-state index contributed by atoms with van der Waals surface area (Å²) in [6.45, 7) is 5.55. The second-order valence-corrected chi connectivity index (χ2v) is 7.95. The van der Waals surface area contributed by atoms with E-state index < -0.39 is 0 Å². The van der Waals surface area contributed by atoms with Gasteiger partial charge in [0.15, 0.2) is 0 Å². The van der Waals surface area contributed by atoms with Crippen LogP contribution in [0.1, 0.15) is 42.7 Å². The van der Waals surface area contributed by atoms with E-state index in [1.807, 2.05) is 11.8 Å². The number of aromatic nitrogens is 2. The average Bonchev–Trinajstić information content (AvgIpc) is 3.34. The fourth-order valence-electron chi connectivity index (χ4n) is 4.17. The zero-order valence-electron chi connectivity index (χ0n) is 13.7. The number of hydrogen-bond acceptors (Lipinski definition) is 5. The number of amides is 2. The lowest BCUT2D eigenvalue weighted by molar-refractivity contribution is 0.0295. The number of aryl methyl sites for hydroxylation is 1. The molecule has 2 atom stereocenters. The first kappa shape index (κ1) is 15.3. The molecule has 4 rings (SSSR count). The molecule has 2 saturated heterocycles. The van der Waals surface area contributed by atoms with E-state index in [4.69, 9.17) is 0 Å². The smallest absolute Gasteiger partial charge is 0.317 e. The number of nitrogens with one attached hydrogen (secondary N) is 1. The molecule has 7 heteroatoms. The fraction of sp³-hybridized carbons (Fsp3) is 0.812. The van der Waals surface area contributed by atoms with Crippen molar-refractivity contribution < 1.29 is 4.79 Å². The molecular formula is C16H25N5OS. The van der Waals surface area contributed by atoms with Crippen LogP contribution < -0.4 is 5.32 Å². The molecule has 2 aliphatic heterocycles. The van der Waals surface area contributed by atoms with Crippen LogP contribution in [0, 0.1) is 12.8 Å². The van der Waals surface area contributed by atoms with E-state index in [9.17, 15) is 4.79 Å². The lowest BCUT2D eigenvalue weighted by Crippen LogP contribution is -2.57. The van der Waals surface area contributed by atoms with Gasteiger partial charge in [-0.1, -0.05) is 4.49 Å². The van der Waals surface area contributed by atoms with Crippen molar-refractivity contribution in [3.05, 3.63) is 10.6 Å². The monoisotopic (exact) mass is 335 g/mol. The molecule has 1 N–H and O–H groups in total. The van der Waals surface area contributed by atoms with Crippen LogP contribution in [0.2, 0.25) is 0 Å². The maximum atomic E-state index is 12.5. The molecule has 3 heterocycles. The summed E-state index contributed by atoms with van der Waals surface area (Å²) in [6.07, 6.45) is 6.47. The first-order valence-corrected chi connectivity index (χ1v) is 9.56. The van der Waals surface area contributed by atoms with E-state index in [1.165, 1.54) is 43.8 Å². The molecule has 1 saturated carbocycles. The number of fused-ring (bicyclic) bond motifs is 1. The topological polar surface area (TPSA) is 61.4 Å². The van der Waals surface area contributed by atoms with Crippen LogP contribution in [-0.4, -0.2) is 57.1 Å². The van der Waals surface area contributed by atoms with Crippen molar-refractivity contribution in [3.8, 4) is 0 Å². The molecule has 0 bridgehead atoms. The third kappa shape index (κ3) is 3.21. The molecular weight excluding hydrogens is 310 g/mol. The summed E-state index contributed by atoms with van der Waals surface area (Å²) in [6, 6.07) is 1.64. The van der Waals surface area contributed by atoms with Gasteiger partial charge in [0.2, 0.25) is 0 Å². The molecule has 23 heavy (non-hydrogen) atoms. The normalized spacial score (nSPS) is 28.5. The molecule has 1 aromatic heterocycles. The third-order valence-corrected chi connectivity index (χ3v) is 6.38. The Kier molecular flexibility index (Phi) is 4.24. The maximum absolute atomic E-state index is 12.5. The molecule has 6 nitrogen and oxygen atoms in total. The number of likely N-dealkylation sites (tertiary alicyclic amines) is 2. The molecule has 0 aromatic carbocycles. The Bertz CT molecular complexity index is 573. The lowest BCUT2D eigenvalue weighted by atomic mass is 9.84. The van der Waals surface area contributed by atoms with Crippen LogP contribution >= 0.6 is 11.5 Å². The van der Waals surface area contributed by atoms with Gasteiger partial charge in [-0.25, -0.2) is 4.79 Å². The van der Waals surface area contributed by atoms with Crippen molar-refractivity contribution in [2.24, 2.45) is 5.92 Å². The quantitative estimate of drug-likeness (QED) is 0.918. The van der Waals surface area contributed by atoms with Crippen LogP contribution in [0.25, 0.3) is 0 Å². The molecule has 1 aromatic rings. The number of piperidine rings is 2. The lowest BCUT2D eigenvalue weighted by Gasteiger charge is -2.47. The van der Waals surface area contributed by atoms with Gasteiger partial charge in [-0.15, -0.1) is 5.10 Å². The Morgan fingerprint density at radius 1 is 1.30 bits per heavy atom. The van der Waals surface area contributed by atoms with Gasteiger partial charge in [0, 0.05) is 25.2 Å². The molecule has 0 radical (unpaired) electrons. The molecule has 2 unspecified atom stereocenters. The molecule has 0 spiro atoms. The van der Waals surface area contributed by atoms with Crippen molar-refractivity contribution in [2.45, 2.75) is 57.7 Å². The summed E-state index contributed by atoms with van der Waals surface area (Å²) in [5, 5.41) is 7.03. The molecule has 2 amide bonds. The van der Waals surface area contributed by atoms with Crippen LogP contribution in [0.3, 0.4) is 0 Å². The molecule has 3 fully saturated rings. The maximum Gasteiger partial charge on any atom is 0.317 e. The second-order valence-electron chi connectivity index (χ2n) is 7.11. The van der Waals surface area contributed by atoms with E-state index in [2.05, 4.69) is 19.8 Å². The Labute approximate surface area is 141 Å². The minimum absolute atomic E-state index is 0.0693. The summed E-state index contributed by atoms with van der Waals surface area (Å²) in [5.41, 5.74) is 0.918. The number of nitrogens with zero attached hydrogens (tertiary/aromatic N) is 4. The highest BCUT2D eigenvalue weighted by molar-refractivity contribution is 7.05. The van der Waals surface area contributed by atoms with Crippen molar-refractivity contribution in [1.29, 1.82) is 0 Å². The SMILES string of the molecule is Cc1nnsc1CNC(=O)N1CCC2C(CCCN2C2CC2)C1. The van der Waals surface area contributed by atoms with Crippen molar-refractivity contribution in [3.63, 3.8) is 0 Å². The van der Waals surface area contributed by atoms with Crippen molar-refractivity contribution >= 4 is 17.6 Å². The predicted octanol–water partition coefficient (Wildman–Crippen LogP) is 2.00. The third-order valence-electron chi connectivity index (χ3n) is 5.56. The largest absolute Gasteiger partial charge is 0.333 e. The number of rotatable bonds is 3. The summed E-state index contributed by atoms with van der Waals surface area (Å²) in [7, 11) is 0. The standard InChI is InChI=1S/C16H25N5OS/c1-11-15(23-19-18-11)9-17-16(22)20-8-6-14-12(10-20)3-2-7-21(14)13-4-5-13/h12-14H,2-10H2,1H3,(H,17,22). The van der Waals surface area contributed by atoms with Crippen molar-refractivity contribution in [2.75, 3.05) is 19.6 Å². The summed E-state index contributed by atoms with van der Waals surface area (Å²) < 4.78 is 3.92. The second kappa shape index (κ2) is 6.36. The van der Waals surface area contributed by atoms with E-state index in [0.717, 1.165) is 36.1 Å². The van der Waals surface area contributed by atoms with Gasteiger partial charge in [0.1, 0.15) is 0 Å². The first-order valence-electron chi connectivity index (χ1n) is 8.78. The average molecular weight is 335 g/mol. The Morgan fingerprint density at radius 3 is 2.91 bits per heavy atom. The number of carbonyl (C=O) groups is 1. The fourth-order valence-corrected chi connectivity index (χ4v) is 4.74. The van der Waals surface area contributed by atoms with E-state index in [-0.39, 0.29) is 6.03 Å². The van der Waals surface area contributed by atoms with Gasteiger partial charge < -0.3 is 10.2 Å². The van der Waals surface area contributed by atoms with Gasteiger partial charge in [-0.05, 0) is 63.0 Å². The zero-order valence-corrected chi connectivity index (χ0v) is 14.5. The van der Waals surface area contributed by atoms with Crippen LogP contribution in [0.4, 0.5) is 4.79 Å². The highest BCUT2D eigenvalue weighted by Gasteiger charge is 2.42. The minimum Gasteiger partial charge on any atom is -0.333 e. The van der Waals surface area contributed by atoms with Gasteiger partial charge >= 0.3 is 6.03 Å². The molecule has 3 aliphatic rings. The number of urea groups is 1. The number of hydrogen-bond donors (Lipinski definition) is 1. The summed E-state index contributed by atoms with van der Waals surface area (Å²) in [5.74, 6) is 0.663. The Balaban J connectivity index is 1.32. The summed E-state index contributed by atoms with van der Waals surface area (Å²) >= 11 is 1.37. The summed E-state index contributed by atoms with van der Waals surface area (Å²) in [4.78, 5) is 18.3. The predicted molar refractivity (Wildman–Crippen MR) is 89.3 cm³/mol. The van der Waals surface area contributed by atoms with Gasteiger partial charge in [-0.3, -0.25) is 4.90 Å². The van der Waals surface area contributed by atoms with Crippen LogP contribution in [-0.2, 0) is 6.54 Å². The van der Waals surface area contributed by atoms with Crippen LogP contribution in [0.5, 0.6) is 0 Å². The van der Waals surface area contributed by atoms with E-state index in [1.54, 1.807) is 0 Å². The highest BCUT2D eigenvalue weighted by Crippen LogP contribution is 2.38. The molecule has 126 valence electrons. The van der Waals surface area contributed by atoms with Gasteiger partial charge in [-0.2, -0.15) is 0 Å². The van der Waals surface area contributed by atoms with E-state index >= 15 is 0 Å². The minimum atomic E-state index is 0.0693.